The lowest BCUT2D eigenvalue weighted by Crippen LogP contribution is -2.24. The maximum atomic E-state index is 11.0. The summed E-state index contributed by atoms with van der Waals surface area (Å²) in [5.74, 6) is -1.35. The number of nitrogen functional groups attached to an aromatic ring is 1. The highest BCUT2D eigenvalue weighted by molar-refractivity contribution is 5.97. The van der Waals surface area contributed by atoms with E-state index in [2.05, 4.69) is 4.99 Å². The van der Waals surface area contributed by atoms with Crippen molar-refractivity contribution in [1.29, 1.82) is 5.41 Å². The van der Waals surface area contributed by atoms with Gasteiger partial charge in [-0.2, -0.15) is 0 Å². The number of carbonyl (C=O) groups is 1. The van der Waals surface area contributed by atoms with Crippen LogP contribution in [0, 0.1) is 11.3 Å². The smallest absolute Gasteiger partial charge is 0.328 e. The van der Waals surface area contributed by atoms with Crippen LogP contribution in [0.3, 0.4) is 0 Å². The average Bonchev–Trinajstić information content (AvgIpc) is 2.30. The molecular formula is C13H17N3O3. The molecule has 0 radical (unpaired) electrons. The molecule has 1 aromatic rings. The number of amidine groups is 1. The number of aliphatic imine (C=N–C) groups is 1. The van der Waals surface area contributed by atoms with Crippen molar-refractivity contribution in [2.24, 2.45) is 16.6 Å². The molecule has 5 N–H and O–H groups in total. The Morgan fingerprint density at radius 1 is 1.47 bits per heavy atom. The molecule has 19 heavy (non-hydrogen) atoms. The predicted molar refractivity (Wildman–Crippen MR) is 73.0 cm³/mol. The van der Waals surface area contributed by atoms with Crippen LogP contribution in [-0.2, 0) is 4.79 Å². The Kier molecular flexibility index (Phi) is 4.63. The summed E-state index contributed by atoms with van der Waals surface area (Å²) in [7, 11) is 0. The topological polar surface area (TPSA) is 120 Å². The quantitative estimate of drug-likeness (QED) is 0.471. The average molecular weight is 263 g/mol. The lowest BCUT2D eigenvalue weighted by atomic mass is 10.1. The minimum absolute atomic E-state index is 0.0401. The fourth-order valence-corrected chi connectivity index (χ4v) is 1.51. The first-order chi connectivity index (χ1) is 8.82. The number of nitrogens with two attached hydrogens (primary N) is 1. The van der Waals surface area contributed by atoms with Crippen LogP contribution in [0.4, 0.5) is 0 Å². The van der Waals surface area contributed by atoms with Gasteiger partial charge in [-0.1, -0.05) is 13.8 Å². The van der Waals surface area contributed by atoms with E-state index in [0.717, 1.165) is 0 Å². The van der Waals surface area contributed by atoms with Crippen LogP contribution in [0.5, 0.6) is 5.75 Å². The lowest BCUT2D eigenvalue weighted by Gasteiger charge is -2.11. The number of phenols is 1. The van der Waals surface area contributed by atoms with Crippen molar-refractivity contribution in [3.05, 3.63) is 29.3 Å². The molecule has 0 bridgehead atoms. The fourth-order valence-electron chi connectivity index (χ4n) is 1.51. The standard InChI is InChI=1S/C13H17N3O3/c1-7(2)11(13(18)19)16-6-9-5-8(12(14)15)3-4-10(9)17/h3-7,11,17H,1-2H3,(H3,14,15)(H,18,19)/t11-/m0/s1. The predicted octanol–water partition coefficient (Wildman–Crippen LogP) is 1.20. The normalized spacial score (nSPS) is 12.8. The molecule has 0 aliphatic carbocycles. The van der Waals surface area contributed by atoms with Crippen molar-refractivity contribution >= 4 is 18.0 Å². The zero-order valence-corrected chi connectivity index (χ0v) is 10.8. The van der Waals surface area contributed by atoms with E-state index in [-0.39, 0.29) is 17.5 Å². The van der Waals surface area contributed by atoms with E-state index in [4.69, 9.17) is 16.2 Å². The Hall–Kier alpha value is -2.37. The number of aliphatic carboxylic acids is 1. The molecule has 1 rings (SSSR count). The van der Waals surface area contributed by atoms with Crippen molar-refractivity contribution in [1.82, 2.24) is 0 Å². The van der Waals surface area contributed by atoms with E-state index in [1.807, 2.05) is 0 Å². The third-order valence-corrected chi connectivity index (χ3v) is 2.60. The van der Waals surface area contributed by atoms with Gasteiger partial charge in [0.05, 0.1) is 0 Å². The summed E-state index contributed by atoms with van der Waals surface area (Å²) in [5, 5.41) is 26.0. The third-order valence-electron chi connectivity index (χ3n) is 2.60. The Morgan fingerprint density at radius 3 is 2.58 bits per heavy atom. The third kappa shape index (κ3) is 3.80. The van der Waals surface area contributed by atoms with Crippen molar-refractivity contribution in [2.75, 3.05) is 0 Å². The van der Waals surface area contributed by atoms with E-state index < -0.39 is 12.0 Å². The molecule has 0 aromatic heterocycles. The van der Waals surface area contributed by atoms with Gasteiger partial charge >= 0.3 is 5.97 Å². The van der Waals surface area contributed by atoms with Gasteiger partial charge in [0, 0.05) is 17.3 Å². The number of nitrogens with zero attached hydrogens (tertiary/aromatic N) is 1. The van der Waals surface area contributed by atoms with Crippen molar-refractivity contribution in [3.63, 3.8) is 0 Å². The summed E-state index contributed by atoms with van der Waals surface area (Å²) in [6.45, 7) is 3.50. The molecule has 0 heterocycles. The van der Waals surface area contributed by atoms with Crippen molar-refractivity contribution in [2.45, 2.75) is 19.9 Å². The second kappa shape index (κ2) is 5.99. The Bertz CT molecular complexity index is 524. The first-order valence-electron chi connectivity index (χ1n) is 5.76. The Labute approximate surface area is 111 Å². The van der Waals surface area contributed by atoms with Gasteiger partial charge in [-0.05, 0) is 24.1 Å². The summed E-state index contributed by atoms with van der Waals surface area (Å²) in [4.78, 5) is 15.0. The highest BCUT2D eigenvalue weighted by atomic mass is 16.4. The molecule has 1 atom stereocenters. The van der Waals surface area contributed by atoms with Crippen LogP contribution in [0.25, 0.3) is 0 Å². The molecule has 0 aliphatic rings. The molecule has 102 valence electrons. The first-order valence-corrected chi connectivity index (χ1v) is 5.76. The Balaban J connectivity index is 3.07. The highest BCUT2D eigenvalue weighted by Crippen LogP contribution is 2.17. The monoisotopic (exact) mass is 263 g/mol. The molecule has 6 heteroatoms. The summed E-state index contributed by atoms with van der Waals surface area (Å²) >= 11 is 0. The highest BCUT2D eigenvalue weighted by Gasteiger charge is 2.19. The maximum absolute atomic E-state index is 11.0. The summed E-state index contributed by atoms with van der Waals surface area (Å²) in [6.07, 6.45) is 1.29. The molecule has 1 aromatic carbocycles. The molecule has 0 saturated carbocycles. The van der Waals surface area contributed by atoms with Crippen LogP contribution in [0.1, 0.15) is 25.0 Å². The van der Waals surface area contributed by atoms with E-state index in [1.165, 1.54) is 24.4 Å². The van der Waals surface area contributed by atoms with E-state index >= 15 is 0 Å². The number of phenolic OH excluding ortho intramolecular Hbond substituents is 1. The van der Waals surface area contributed by atoms with Gasteiger partial charge in [-0.3, -0.25) is 10.4 Å². The maximum Gasteiger partial charge on any atom is 0.328 e. The second-order valence-corrected chi connectivity index (χ2v) is 4.49. The number of hydrogen-bond acceptors (Lipinski definition) is 4. The first kappa shape index (κ1) is 14.7. The Morgan fingerprint density at radius 2 is 2.11 bits per heavy atom. The lowest BCUT2D eigenvalue weighted by molar-refractivity contribution is -0.139. The number of carboxylic acid groups (broad SMARTS) is 1. The number of rotatable bonds is 5. The molecule has 0 amide bonds. The second-order valence-electron chi connectivity index (χ2n) is 4.49. The molecule has 0 unspecified atom stereocenters. The van der Waals surface area contributed by atoms with Crippen LogP contribution < -0.4 is 5.73 Å². The molecular weight excluding hydrogens is 246 g/mol. The van der Waals surface area contributed by atoms with Gasteiger partial charge in [-0.15, -0.1) is 0 Å². The van der Waals surface area contributed by atoms with Crippen molar-refractivity contribution < 1.29 is 15.0 Å². The van der Waals surface area contributed by atoms with Gasteiger partial charge in [0.25, 0.3) is 0 Å². The van der Waals surface area contributed by atoms with Gasteiger partial charge < -0.3 is 15.9 Å². The van der Waals surface area contributed by atoms with Gasteiger partial charge in [0.2, 0.25) is 0 Å². The number of hydrogen-bond donors (Lipinski definition) is 4. The van der Waals surface area contributed by atoms with Gasteiger partial charge in [-0.25, -0.2) is 4.79 Å². The molecule has 0 aliphatic heterocycles. The minimum atomic E-state index is -1.02. The molecule has 0 spiro atoms. The van der Waals surface area contributed by atoms with Crippen LogP contribution >= 0.6 is 0 Å². The van der Waals surface area contributed by atoms with E-state index in [0.29, 0.717) is 11.1 Å². The SMILES string of the molecule is CC(C)[C@H](N=Cc1cc(C(=N)N)ccc1O)C(=O)O. The number of carboxylic acids is 1. The van der Waals surface area contributed by atoms with E-state index in [1.54, 1.807) is 13.8 Å². The minimum Gasteiger partial charge on any atom is -0.507 e. The summed E-state index contributed by atoms with van der Waals surface area (Å²) in [5.41, 5.74) is 6.12. The van der Waals surface area contributed by atoms with Gasteiger partial charge in [0.1, 0.15) is 17.6 Å². The number of benzene rings is 1. The summed E-state index contributed by atoms with van der Waals surface area (Å²) < 4.78 is 0. The fraction of sp³-hybridized carbons (Fsp3) is 0.308. The summed E-state index contributed by atoms with van der Waals surface area (Å²) in [6, 6.07) is 3.51. The number of nitrogens with one attached hydrogen (secondary N) is 1. The zero-order chi connectivity index (χ0) is 14.6. The van der Waals surface area contributed by atoms with Gasteiger partial charge in [0.15, 0.2) is 0 Å². The van der Waals surface area contributed by atoms with Crippen LogP contribution in [0.15, 0.2) is 23.2 Å². The largest absolute Gasteiger partial charge is 0.507 e. The molecule has 0 saturated heterocycles. The zero-order valence-electron chi connectivity index (χ0n) is 10.8. The molecule has 6 nitrogen and oxygen atoms in total. The number of aromatic hydroxyl groups is 1. The van der Waals surface area contributed by atoms with Crippen LogP contribution in [0.2, 0.25) is 0 Å². The van der Waals surface area contributed by atoms with E-state index in [9.17, 15) is 9.90 Å². The van der Waals surface area contributed by atoms with Crippen LogP contribution in [-0.4, -0.2) is 34.3 Å². The van der Waals surface area contributed by atoms with Crippen molar-refractivity contribution in [3.8, 4) is 5.75 Å². The molecule has 0 fully saturated rings.